The first-order chi connectivity index (χ1) is 9.22. The molecule has 0 radical (unpaired) electrons. The topological polar surface area (TPSA) is 39.2 Å². The number of carbonyl (C=O) groups excluding carboxylic acids is 1. The summed E-state index contributed by atoms with van der Waals surface area (Å²) in [7, 11) is 1.64. The highest BCUT2D eigenvalue weighted by molar-refractivity contribution is 7.98. The lowest BCUT2D eigenvalue weighted by atomic mass is 10.2. The summed E-state index contributed by atoms with van der Waals surface area (Å²) in [6.45, 7) is 0. The summed E-state index contributed by atoms with van der Waals surface area (Å²) in [5.74, 6) is 1.57. The van der Waals surface area contributed by atoms with Crippen LogP contribution in [0, 0.1) is 0 Å². The van der Waals surface area contributed by atoms with E-state index in [4.69, 9.17) is 16.3 Å². The summed E-state index contributed by atoms with van der Waals surface area (Å²) in [5.41, 5.74) is 1.56. The van der Waals surface area contributed by atoms with Crippen molar-refractivity contribution in [3.8, 4) is 5.75 Å². The lowest BCUT2D eigenvalue weighted by Crippen LogP contribution is -1.91. The zero-order valence-corrected chi connectivity index (χ0v) is 11.9. The Balaban J connectivity index is 2.09. The molecule has 0 saturated carbocycles. The Kier molecular flexibility index (Phi) is 4.82. The maximum Gasteiger partial charge on any atom is 0.169 e. The third kappa shape index (κ3) is 3.72. The molecule has 0 saturated heterocycles. The monoisotopic (exact) mass is 293 g/mol. The van der Waals surface area contributed by atoms with Crippen molar-refractivity contribution >= 4 is 29.6 Å². The first-order valence-corrected chi connectivity index (χ1v) is 6.95. The molecule has 0 fully saturated rings. The number of thioether (sulfide) groups is 1. The third-order valence-corrected chi connectivity index (χ3v) is 3.84. The Morgan fingerprint density at radius 1 is 1.37 bits per heavy atom. The molecule has 0 N–H and O–H groups in total. The number of halogens is 1. The highest BCUT2D eigenvalue weighted by Crippen LogP contribution is 2.27. The second-order valence-corrected chi connectivity index (χ2v) is 5.25. The van der Waals surface area contributed by atoms with Crippen LogP contribution in [0.1, 0.15) is 16.1 Å². The van der Waals surface area contributed by atoms with Crippen molar-refractivity contribution in [3.05, 3.63) is 52.8 Å². The zero-order chi connectivity index (χ0) is 13.7. The van der Waals surface area contributed by atoms with Crippen LogP contribution in [-0.2, 0) is 5.75 Å². The van der Waals surface area contributed by atoms with E-state index in [1.165, 1.54) is 18.0 Å². The van der Waals surface area contributed by atoms with Crippen molar-refractivity contribution in [2.75, 3.05) is 7.11 Å². The number of methoxy groups -OCH3 is 1. The van der Waals surface area contributed by atoms with Gasteiger partial charge in [-0.15, -0.1) is 11.8 Å². The molecular weight excluding hydrogens is 282 g/mol. The Bertz CT molecular complexity index is 572. The molecule has 1 heterocycles. The van der Waals surface area contributed by atoms with Gasteiger partial charge in [0.15, 0.2) is 6.29 Å². The molecule has 0 bridgehead atoms. The minimum Gasteiger partial charge on any atom is -0.497 e. The molecule has 0 atom stereocenters. The maximum atomic E-state index is 10.9. The molecule has 0 aliphatic rings. The summed E-state index contributed by atoms with van der Waals surface area (Å²) in [5, 5.41) is 0.530. The second-order valence-electron chi connectivity index (χ2n) is 3.79. The van der Waals surface area contributed by atoms with E-state index in [2.05, 4.69) is 4.98 Å². The lowest BCUT2D eigenvalue weighted by Gasteiger charge is -2.05. The van der Waals surface area contributed by atoms with E-state index < -0.39 is 0 Å². The van der Waals surface area contributed by atoms with Gasteiger partial charge in [-0.2, -0.15) is 0 Å². The summed E-state index contributed by atoms with van der Waals surface area (Å²) < 4.78 is 5.10. The molecule has 1 aromatic carbocycles. The molecule has 5 heteroatoms. The molecule has 3 nitrogen and oxygen atoms in total. The van der Waals surface area contributed by atoms with E-state index in [0.717, 1.165) is 28.2 Å². The van der Waals surface area contributed by atoms with Crippen LogP contribution in [0.25, 0.3) is 0 Å². The SMILES string of the molecule is COc1ccc(CSc2cc(Cl)cnc2C=O)cc1. The van der Waals surface area contributed by atoms with Crippen molar-refractivity contribution in [3.63, 3.8) is 0 Å². The van der Waals surface area contributed by atoms with Crippen LogP contribution in [-0.4, -0.2) is 18.4 Å². The molecule has 98 valence electrons. The van der Waals surface area contributed by atoms with Crippen molar-refractivity contribution < 1.29 is 9.53 Å². The summed E-state index contributed by atoms with van der Waals surface area (Å²) in [6, 6.07) is 9.56. The van der Waals surface area contributed by atoms with Crippen LogP contribution in [0.4, 0.5) is 0 Å². The molecule has 1 aromatic heterocycles. The number of benzene rings is 1. The number of pyridine rings is 1. The number of rotatable bonds is 5. The van der Waals surface area contributed by atoms with E-state index in [9.17, 15) is 4.79 Å². The molecule has 2 aromatic rings. The van der Waals surface area contributed by atoms with Gasteiger partial charge in [-0.3, -0.25) is 9.78 Å². The fraction of sp³-hybridized carbons (Fsp3) is 0.143. The first kappa shape index (κ1) is 13.9. The Hall–Kier alpha value is -1.52. The van der Waals surface area contributed by atoms with E-state index >= 15 is 0 Å². The fourth-order valence-corrected chi connectivity index (χ4v) is 2.71. The molecular formula is C14H12ClNO2S. The van der Waals surface area contributed by atoms with E-state index in [1.54, 1.807) is 13.2 Å². The Labute approximate surface area is 121 Å². The van der Waals surface area contributed by atoms with Crippen molar-refractivity contribution in [1.29, 1.82) is 0 Å². The molecule has 0 aliphatic carbocycles. The molecule has 19 heavy (non-hydrogen) atoms. The highest BCUT2D eigenvalue weighted by atomic mass is 35.5. The highest BCUT2D eigenvalue weighted by Gasteiger charge is 2.05. The van der Waals surface area contributed by atoms with Gasteiger partial charge in [0.05, 0.1) is 12.1 Å². The van der Waals surface area contributed by atoms with Gasteiger partial charge in [0.25, 0.3) is 0 Å². The molecule has 0 spiro atoms. The average molecular weight is 294 g/mol. The van der Waals surface area contributed by atoms with Crippen LogP contribution in [0.5, 0.6) is 5.75 Å². The number of aromatic nitrogens is 1. The van der Waals surface area contributed by atoms with Gasteiger partial charge < -0.3 is 4.74 Å². The Morgan fingerprint density at radius 3 is 2.74 bits per heavy atom. The lowest BCUT2D eigenvalue weighted by molar-refractivity contribution is 0.111. The predicted molar refractivity (Wildman–Crippen MR) is 77.2 cm³/mol. The first-order valence-electron chi connectivity index (χ1n) is 5.59. The van der Waals surface area contributed by atoms with Gasteiger partial charge in [0.1, 0.15) is 11.4 Å². The normalized spacial score (nSPS) is 10.2. The Morgan fingerprint density at radius 2 is 2.11 bits per heavy atom. The minimum absolute atomic E-state index is 0.419. The number of carbonyl (C=O) groups is 1. The molecule has 2 rings (SSSR count). The smallest absolute Gasteiger partial charge is 0.169 e. The largest absolute Gasteiger partial charge is 0.497 e. The fourth-order valence-electron chi connectivity index (χ4n) is 1.52. The quantitative estimate of drug-likeness (QED) is 0.620. The maximum absolute atomic E-state index is 10.9. The van der Waals surface area contributed by atoms with Crippen LogP contribution >= 0.6 is 23.4 Å². The van der Waals surface area contributed by atoms with Crippen LogP contribution in [0.2, 0.25) is 5.02 Å². The van der Waals surface area contributed by atoms with E-state index in [1.807, 2.05) is 24.3 Å². The van der Waals surface area contributed by atoms with Crippen LogP contribution < -0.4 is 4.74 Å². The van der Waals surface area contributed by atoms with Gasteiger partial charge in [-0.25, -0.2) is 0 Å². The van der Waals surface area contributed by atoms with Crippen molar-refractivity contribution in [2.45, 2.75) is 10.6 Å². The van der Waals surface area contributed by atoms with E-state index in [0.29, 0.717) is 10.7 Å². The summed E-state index contributed by atoms with van der Waals surface area (Å²) >= 11 is 7.42. The molecule has 0 unspecified atom stereocenters. The predicted octanol–water partition coefficient (Wildman–Crippen LogP) is 3.85. The number of hydrogen-bond acceptors (Lipinski definition) is 4. The summed E-state index contributed by atoms with van der Waals surface area (Å²) in [4.78, 5) is 15.7. The average Bonchev–Trinajstić information content (AvgIpc) is 2.46. The van der Waals surface area contributed by atoms with Gasteiger partial charge in [-0.1, -0.05) is 23.7 Å². The number of nitrogens with zero attached hydrogens (tertiary/aromatic N) is 1. The zero-order valence-electron chi connectivity index (χ0n) is 10.3. The molecule has 0 aliphatic heterocycles. The van der Waals surface area contributed by atoms with Gasteiger partial charge in [0.2, 0.25) is 0 Å². The van der Waals surface area contributed by atoms with Gasteiger partial charge in [0, 0.05) is 16.8 Å². The number of ether oxygens (including phenoxy) is 1. The second kappa shape index (κ2) is 6.59. The standard InChI is InChI=1S/C14H12ClNO2S/c1-18-12-4-2-10(3-5-12)9-19-14-6-11(15)7-16-13(14)8-17/h2-8H,9H2,1H3. The van der Waals surface area contributed by atoms with Crippen LogP contribution in [0.15, 0.2) is 41.4 Å². The van der Waals surface area contributed by atoms with E-state index in [-0.39, 0.29) is 0 Å². The van der Waals surface area contributed by atoms with Gasteiger partial charge >= 0.3 is 0 Å². The number of hydrogen-bond donors (Lipinski definition) is 0. The molecule has 0 amide bonds. The van der Waals surface area contributed by atoms with Gasteiger partial charge in [-0.05, 0) is 23.8 Å². The summed E-state index contributed by atoms with van der Waals surface area (Å²) in [6.07, 6.45) is 2.22. The minimum atomic E-state index is 0.419. The third-order valence-electron chi connectivity index (χ3n) is 2.51. The number of aldehydes is 1. The van der Waals surface area contributed by atoms with Crippen LogP contribution in [0.3, 0.4) is 0 Å². The van der Waals surface area contributed by atoms with Crippen molar-refractivity contribution in [1.82, 2.24) is 4.98 Å². The van der Waals surface area contributed by atoms with Crippen molar-refractivity contribution in [2.24, 2.45) is 0 Å².